The van der Waals surface area contributed by atoms with Crippen LogP contribution in [0, 0.1) is 5.92 Å². The molecule has 1 amide bonds. The van der Waals surface area contributed by atoms with Crippen molar-refractivity contribution in [1.29, 1.82) is 0 Å². The summed E-state index contributed by atoms with van der Waals surface area (Å²) in [4.78, 5) is 14.3. The van der Waals surface area contributed by atoms with Gasteiger partial charge in [0.15, 0.2) is 0 Å². The lowest BCUT2D eigenvalue weighted by Crippen LogP contribution is -2.41. The SMILES string of the molecule is COCC1CCCN(C(=O)c2ccccc2Cl)C1. The van der Waals surface area contributed by atoms with Gasteiger partial charge in [-0.1, -0.05) is 23.7 Å². The molecule has 0 saturated carbocycles. The van der Waals surface area contributed by atoms with Crippen LogP contribution in [0.1, 0.15) is 23.2 Å². The largest absolute Gasteiger partial charge is 0.384 e. The summed E-state index contributed by atoms with van der Waals surface area (Å²) < 4.78 is 5.17. The number of piperidine rings is 1. The molecular weight excluding hydrogens is 250 g/mol. The second kappa shape index (κ2) is 6.21. The molecule has 0 bridgehead atoms. The van der Waals surface area contributed by atoms with E-state index in [4.69, 9.17) is 16.3 Å². The quantitative estimate of drug-likeness (QED) is 0.843. The Morgan fingerprint density at radius 2 is 2.28 bits per heavy atom. The van der Waals surface area contributed by atoms with Gasteiger partial charge in [0.25, 0.3) is 5.91 Å². The summed E-state index contributed by atoms with van der Waals surface area (Å²) in [5, 5.41) is 0.524. The van der Waals surface area contributed by atoms with Crippen LogP contribution in [-0.4, -0.2) is 37.6 Å². The van der Waals surface area contributed by atoms with Crippen LogP contribution in [0.25, 0.3) is 0 Å². The van der Waals surface area contributed by atoms with Crippen molar-refractivity contribution in [3.63, 3.8) is 0 Å². The summed E-state index contributed by atoms with van der Waals surface area (Å²) in [5.74, 6) is 0.469. The summed E-state index contributed by atoms with van der Waals surface area (Å²) in [7, 11) is 1.70. The van der Waals surface area contributed by atoms with E-state index in [-0.39, 0.29) is 5.91 Å². The van der Waals surface area contributed by atoms with E-state index in [2.05, 4.69) is 0 Å². The second-order valence-electron chi connectivity index (χ2n) is 4.69. The maximum absolute atomic E-state index is 12.4. The molecule has 1 atom stereocenters. The highest BCUT2D eigenvalue weighted by Gasteiger charge is 2.25. The van der Waals surface area contributed by atoms with Crippen LogP contribution in [0.3, 0.4) is 0 Å². The second-order valence-corrected chi connectivity index (χ2v) is 5.10. The minimum atomic E-state index is 0.0291. The Morgan fingerprint density at radius 1 is 1.50 bits per heavy atom. The molecule has 2 rings (SSSR count). The Labute approximate surface area is 113 Å². The molecule has 18 heavy (non-hydrogen) atoms. The number of rotatable bonds is 3. The molecule has 0 aliphatic carbocycles. The maximum Gasteiger partial charge on any atom is 0.255 e. The zero-order valence-electron chi connectivity index (χ0n) is 10.6. The van der Waals surface area contributed by atoms with Gasteiger partial charge in [-0.05, 0) is 30.9 Å². The third-order valence-corrected chi connectivity index (χ3v) is 3.64. The van der Waals surface area contributed by atoms with Crippen molar-refractivity contribution in [3.8, 4) is 0 Å². The number of benzene rings is 1. The van der Waals surface area contributed by atoms with Gasteiger partial charge >= 0.3 is 0 Å². The minimum absolute atomic E-state index is 0.0291. The molecule has 0 spiro atoms. The van der Waals surface area contributed by atoms with Crippen LogP contribution < -0.4 is 0 Å². The van der Waals surface area contributed by atoms with Gasteiger partial charge in [0.2, 0.25) is 0 Å². The van der Waals surface area contributed by atoms with E-state index in [0.717, 1.165) is 25.9 Å². The van der Waals surface area contributed by atoms with E-state index >= 15 is 0 Å². The maximum atomic E-state index is 12.4. The van der Waals surface area contributed by atoms with Gasteiger partial charge in [-0.3, -0.25) is 4.79 Å². The highest BCUT2D eigenvalue weighted by Crippen LogP contribution is 2.22. The molecule has 1 aliphatic rings. The molecule has 1 fully saturated rings. The summed E-state index contributed by atoms with van der Waals surface area (Å²) in [6.07, 6.45) is 2.16. The summed E-state index contributed by atoms with van der Waals surface area (Å²) in [5.41, 5.74) is 0.595. The lowest BCUT2D eigenvalue weighted by molar-refractivity contribution is 0.0571. The van der Waals surface area contributed by atoms with E-state index < -0.39 is 0 Å². The fraction of sp³-hybridized carbons (Fsp3) is 0.500. The molecule has 1 saturated heterocycles. The highest BCUT2D eigenvalue weighted by atomic mass is 35.5. The van der Waals surface area contributed by atoms with Crippen LogP contribution in [-0.2, 0) is 4.74 Å². The van der Waals surface area contributed by atoms with Gasteiger partial charge in [0, 0.05) is 20.2 Å². The van der Waals surface area contributed by atoms with E-state index in [0.29, 0.717) is 23.1 Å². The number of carbonyl (C=O) groups excluding carboxylic acids is 1. The number of nitrogens with zero attached hydrogens (tertiary/aromatic N) is 1. The number of likely N-dealkylation sites (tertiary alicyclic amines) is 1. The fourth-order valence-electron chi connectivity index (χ4n) is 2.43. The van der Waals surface area contributed by atoms with Crippen molar-refractivity contribution in [3.05, 3.63) is 34.9 Å². The smallest absolute Gasteiger partial charge is 0.255 e. The standard InChI is InChI=1S/C14H18ClNO2/c1-18-10-11-5-4-8-16(9-11)14(17)12-6-2-3-7-13(12)15/h2-3,6-7,11H,4-5,8-10H2,1H3. The first-order chi connectivity index (χ1) is 8.72. The lowest BCUT2D eigenvalue weighted by Gasteiger charge is -2.32. The Kier molecular flexibility index (Phi) is 4.61. The zero-order valence-corrected chi connectivity index (χ0v) is 11.3. The normalized spacial score (nSPS) is 19.9. The Hall–Kier alpha value is -1.06. The van der Waals surface area contributed by atoms with Gasteiger partial charge in [0.1, 0.15) is 0 Å². The molecular formula is C14H18ClNO2. The Morgan fingerprint density at radius 3 is 3.00 bits per heavy atom. The molecule has 1 heterocycles. The van der Waals surface area contributed by atoms with Gasteiger partial charge in [0.05, 0.1) is 17.2 Å². The van der Waals surface area contributed by atoms with Crippen LogP contribution in [0.4, 0.5) is 0 Å². The number of amides is 1. The highest BCUT2D eigenvalue weighted by molar-refractivity contribution is 6.33. The fourth-order valence-corrected chi connectivity index (χ4v) is 2.64. The van der Waals surface area contributed by atoms with Gasteiger partial charge in [-0.2, -0.15) is 0 Å². The van der Waals surface area contributed by atoms with Crippen molar-refractivity contribution in [2.75, 3.05) is 26.8 Å². The molecule has 0 aromatic heterocycles. The van der Waals surface area contributed by atoms with E-state index in [1.807, 2.05) is 17.0 Å². The van der Waals surface area contributed by atoms with Crippen molar-refractivity contribution in [2.45, 2.75) is 12.8 Å². The molecule has 1 aliphatic heterocycles. The van der Waals surface area contributed by atoms with E-state index in [1.54, 1.807) is 19.2 Å². The monoisotopic (exact) mass is 267 g/mol. The average molecular weight is 268 g/mol. The third kappa shape index (κ3) is 3.03. The van der Waals surface area contributed by atoms with Crippen LogP contribution >= 0.6 is 11.6 Å². The van der Waals surface area contributed by atoms with Crippen molar-refractivity contribution < 1.29 is 9.53 Å². The summed E-state index contributed by atoms with van der Waals surface area (Å²) in [6, 6.07) is 7.22. The molecule has 4 heteroatoms. The summed E-state index contributed by atoms with van der Waals surface area (Å²) in [6.45, 7) is 2.29. The molecule has 0 N–H and O–H groups in total. The Balaban J connectivity index is 2.07. The molecule has 1 aromatic carbocycles. The number of hydrogen-bond donors (Lipinski definition) is 0. The number of carbonyl (C=O) groups is 1. The van der Waals surface area contributed by atoms with Gasteiger partial charge in [-0.15, -0.1) is 0 Å². The van der Waals surface area contributed by atoms with E-state index in [9.17, 15) is 4.79 Å². The zero-order chi connectivity index (χ0) is 13.0. The van der Waals surface area contributed by atoms with Gasteiger partial charge in [-0.25, -0.2) is 0 Å². The van der Waals surface area contributed by atoms with Crippen LogP contribution in [0.15, 0.2) is 24.3 Å². The first-order valence-corrected chi connectivity index (χ1v) is 6.63. The Bertz CT molecular complexity index is 420. The molecule has 3 nitrogen and oxygen atoms in total. The lowest BCUT2D eigenvalue weighted by atomic mass is 9.98. The molecule has 1 unspecified atom stereocenters. The summed E-state index contributed by atoms with van der Waals surface area (Å²) >= 11 is 6.06. The third-order valence-electron chi connectivity index (χ3n) is 3.31. The molecule has 1 aromatic rings. The topological polar surface area (TPSA) is 29.5 Å². The van der Waals surface area contributed by atoms with Crippen LogP contribution in [0.2, 0.25) is 5.02 Å². The first kappa shape index (κ1) is 13.4. The number of ether oxygens (including phenoxy) is 1. The first-order valence-electron chi connectivity index (χ1n) is 6.25. The number of methoxy groups -OCH3 is 1. The predicted molar refractivity (Wildman–Crippen MR) is 72.0 cm³/mol. The number of halogens is 1. The van der Waals surface area contributed by atoms with E-state index in [1.165, 1.54) is 0 Å². The van der Waals surface area contributed by atoms with Crippen molar-refractivity contribution in [1.82, 2.24) is 4.90 Å². The predicted octanol–water partition coefficient (Wildman–Crippen LogP) is 2.84. The molecule has 98 valence electrons. The minimum Gasteiger partial charge on any atom is -0.384 e. The number of hydrogen-bond acceptors (Lipinski definition) is 2. The van der Waals surface area contributed by atoms with Crippen molar-refractivity contribution >= 4 is 17.5 Å². The van der Waals surface area contributed by atoms with Gasteiger partial charge < -0.3 is 9.64 Å². The average Bonchev–Trinajstić information content (AvgIpc) is 2.39. The molecule has 0 radical (unpaired) electrons. The van der Waals surface area contributed by atoms with Crippen LogP contribution in [0.5, 0.6) is 0 Å². The van der Waals surface area contributed by atoms with Crippen molar-refractivity contribution in [2.24, 2.45) is 5.92 Å².